The first-order valence-corrected chi connectivity index (χ1v) is 7.82. The Morgan fingerprint density at radius 3 is 2.79 bits per heavy atom. The van der Waals surface area contributed by atoms with Gasteiger partial charge >= 0.3 is 0 Å². The maximum absolute atomic E-state index is 3.60. The Kier molecular flexibility index (Phi) is 4.19. The van der Waals surface area contributed by atoms with E-state index >= 15 is 0 Å². The van der Waals surface area contributed by atoms with Crippen LogP contribution in [-0.2, 0) is 6.42 Å². The number of hydrogen-bond donors (Lipinski definition) is 1. The Morgan fingerprint density at radius 2 is 2.05 bits per heavy atom. The number of nitrogens with zero attached hydrogens (tertiary/aromatic N) is 1. The van der Waals surface area contributed by atoms with Crippen molar-refractivity contribution in [2.75, 3.05) is 26.7 Å². The lowest BCUT2D eigenvalue weighted by molar-refractivity contribution is 0.255. The summed E-state index contributed by atoms with van der Waals surface area (Å²) in [6.45, 7) is 3.71. The van der Waals surface area contributed by atoms with Gasteiger partial charge in [-0.1, -0.05) is 24.3 Å². The number of nitrogens with one attached hydrogen (secondary N) is 1. The Morgan fingerprint density at radius 1 is 1.21 bits per heavy atom. The van der Waals surface area contributed by atoms with Crippen molar-refractivity contribution >= 4 is 0 Å². The van der Waals surface area contributed by atoms with E-state index in [0.717, 1.165) is 5.92 Å². The smallest absolute Gasteiger partial charge is 0.0108 e. The molecule has 1 aromatic rings. The van der Waals surface area contributed by atoms with Crippen LogP contribution in [-0.4, -0.2) is 37.6 Å². The van der Waals surface area contributed by atoms with Crippen LogP contribution in [0.25, 0.3) is 0 Å². The third-order valence-electron chi connectivity index (χ3n) is 4.79. The molecule has 0 bridgehead atoms. The van der Waals surface area contributed by atoms with Crippen LogP contribution in [0.5, 0.6) is 0 Å². The normalized spacial score (nSPS) is 25.8. The average molecular weight is 258 g/mol. The van der Waals surface area contributed by atoms with Crippen molar-refractivity contribution in [2.24, 2.45) is 0 Å². The van der Waals surface area contributed by atoms with Crippen molar-refractivity contribution in [3.05, 3.63) is 35.4 Å². The summed E-state index contributed by atoms with van der Waals surface area (Å²) in [7, 11) is 2.23. The molecule has 1 N–H and O–H groups in total. The summed E-state index contributed by atoms with van der Waals surface area (Å²) >= 11 is 0. The van der Waals surface area contributed by atoms with E-state index in [1.807, 2.05) is 0 Å². The molecule has 2 aliphatic heterocycles. The molecular weight excluding hydrogens is 232 g/mol. The Labute approximate surface area is 117 Å². The molecule has 1 atom stereocenters. The van der Waals surface area contributed by atoms with Crippen LogP contribution in [0.1, 0.15) is 42.7 Å². The summed E-state index contributed by atoms with van der Waals surface area (Å²) in [4.78, 5) is 2.45. The van der Waals surface area contributed by atoms with E-state index in [-0.39, 0.29) is 0 Å². The Balaban J connectivity index is 1.65. The number of rotatable bonds is 3. The van der Waals surface area contributed by atoms with Crippen molar-refractivity contribution < 1.29 is 0 Å². The second-order valence-electron chi connectivity index (χ2n) is 6.32. The predicted molar refractivity (Wildman–Crippen MR) is 80.6 cm³/mol. The molecular formula is C17H26N2. The number of likely N-dealkylation sites (tertiary alicyclic amines) is 1. The van der Waals surface area contributed by atoms with Gasteiger partial charge in [-0.15, -0.1) is 0 Å². The quantitative estimate of drug-likeness (QED) is 0.897. The van der Waals surface area contributed by atoms with Crippen LogP contribution in [0.15, 0.2) is 24.3 Å². The Hall–Kier alpha value is -0.860. The van der Waals surface area contributed by atoms with Crippen LogP contribution in [0, 0.1) is 0 Å². The summed E-state index contributed by atoms with van der Waals surface area (Å²) in [6.07, 6.45) is 6.54. The lowest BCUT2D eigenvalue weighted by atomic mass is 9.88. The van der Waals surface area contributed by atoms with Crippen LogP contribution >= 0.6 is 0 Å². The molecule has 0 aromatic heterocycles. The second-order valence-corrected chi connectivity index (χ2v) is 6.32. The lowest BCUT2D eigenvalue weighted by Crippen LogP contribution is -2.29. The summed E-state index contributed by atoms with van der Waals surface area (Å²) in [5.74, 6) is 0.785. The number of piperidine rings is 1. The second kappa shape index (κ2) is 6.06. The lowest BCUT2D eigenvalue weighted by Gasteiger charge is -2.29. The van der Waals surface area contributed by atoms with E-state index in [0.29, 0.717) is 6.04 Å². The molecule has 104 valence electrons. The van der Waals surface area contributed by atoms with Gasteiger partial charge in [-0.3, -0.25) is 0 Å². The van der Waals surface area contributed by atoms with Gasteiger partial charge in [-0.05, 0) is 75.8 Å². The van der Waals surface area contributed by atoms with Gasteiger partial charge in [-0.2, -0.15) is 0 Å². The van der Waals surface area contributed by atoms with Crippen molar-refractivity contribution in [2.45, 2.75) is 44.1 Å². The van der Waals surface area contributed by atoms with Gasteiger partial charge in [-0.25, -0.2) is 0 Å². The number of benzene rings is 1. The third-order valence-corrected chi connectivity index (χ3v) is 4.79. The maximum Gasteiger partial charge on any atom is 0.0108 e. The van der Waals surface area contributed by atoms with Crippen molar-refractivity contribution in [3.63, 3.8) is 0 Å². The summed E-state index contributed by atoms with van der Waals surface area (Å²) in [5.41, 5.74) is 3.10. The van der Waals surface area contributed by atoms with Crippen LogP contribution in [0.3, 0.4) is 0 Å². The minimum absolute atomic E-state index is 0.715. The highest BCUT2D eigenvalue weighted by Gasteiger charge is 2.19. The molecule has 0 saturated carbocycles. The van der Waals surface area contributed by atoms with Gasteiger partial charge in [0.2, 0.25) is 0 Å². The third kappa shape index (κ3) is 3.37. The first-order chi connectivity index (χ1) is 9.31. The average Bonchev–Trinajstić information content (AvgIpc) is 2.93. The summed E-state index contributed by atoms with van der Waals surface area (Å²) < 4.78 is 0. The van der Waals surface area contributed by atoms with Crippen LogP contribution < -0.4 is 5.32 Å². The summed E-state index contributed by atoms with van der Waals surface area (Å²) in [5, 5.41) is 3.60. The fourth-order valence-corrected chi connectivity index (χ4v) is 3.53. The molecule has 0 radical (unpaired) electrons. The Bertz CT molecular complexity index is 401. The predicted octanol–water partition coefficient (Wildman–Crippen LogP) is 2.79. The van der Waals surface area contributed by atoms with Crippen LogP contribution in [0.2, 0.25) is 0 Å². The topological polar surface area (TPSA) is 15.3 Å². The molecule has 0 spiro atoms. The molecule has 1 unspecified atom stereocenters. The van der Waals surface area contributed by atoms with E-state index < -0.39 is 0 Å². The van der Waals surface area contributed by atoms with Gasteiger partial charge in [0.15, 0.2) is 0 Å². The molecule has 0 aliphatic carbocycles. The number of hydrogen-bond acceptors (Lipinski definition) is 2. The van der Waals surface area contributed by atoms with E-state index in [2.05, 4.69) is 41.5 Å². The molecule has 2 heterocycles. The molecule has 2 saturated heterocycles. The van der Waals surface area contributed by atoms with E-state index in [4.69, 9.17) is 0 Å². The molecule has 2 fully saturated rings. The fraction of sp³-hybridized carbons (Fsp3) is 0.647. The van der Waals surface area contributed by atoms with Crippen molar-refractivity contribution in [3.8, 4) is 0 Å². The fourth-order valence-electron chi connectivity index (χ4n) is 3.53. The van der Waals surface area contributed by atoms with Crippen molar-refractivity contribution in [1.82, 2.24) is 10.2 Å². The molecule has 2 nitrogen and oxygen atoms in total. The highest BCUT2D eigenvalue weighted by Crippen LogP contribution is 2.28. The maximum atomic E-state index is 3.60. The zero-order chi connectivity index (χ0) is 13.1. The van der Waals surface area contributed by atoms with E-state index in [1.165, 1.54) is 57.3 Å². The molecule has 2 aliphatic rings. The first-order valence-electron chi connectivity index (χ1n) is 7.82. The zero-order valence-electron chi connectivity index (χ0n) is 12.1. The summed E-state index contributed by atoms with van der Waals surface area (Å²) in [6, 6.07) is 10.1. The van der Waals surface area contributed by atoms with Gasteiger partial charge in [0.25, 0.3) is 0 Å². The van der Waals surface area contributed by atoms with E-state index in [1.54, 1.807) is 5.56 Å². The largest absolute Gasteiger partial charge is 0.314 e. The van der Waals surface area contributed by atoms with Gasteiger partial charge in [0.05, 0.1) is 0 Å². The highest BCUT2D eigenvalue weighted by molar-refractivity contribution is 5.27. The molecule has 1 aromatic carbocycles. The minimum Gasteiger partial charge on any atom is -0.314 e. The minimum atomic E-state index is 0.715. The van der Waals surface area contributed by atoms with Crippen molar-refractivity contribution in [1.29, 1.82) is 0 Å². The molecule has 3 rings (SSSR count). The van der Waals surface area contributed by atoms with Crippen LogP contribution in [0.4, 0.5) is 0 Å². The monoisotopic (exact) mass is 258 g/mol. The first kappa shape index (κ1) is 13.1. The SMILES string of the molecule is CN1CCC(c2cccc(CC3CCCN3)c2)CC1. The molecule has 19 heavy (non-hydrogen) atoms. The van der Waals surface area contributed by atoms with E-state index in [9.17, 15) is 0 Å². The zero-order valence-corrected chi connectivity index (χ0v) is 12.1. The van der Waals surface area contributed by atoms with Gasteiger partial charge in [0.1, 0.15) is 0 Å². The molecule has 2 heteroatoms. The van der Waals surface area contributed by atoms with Gasteiger partial charge in [0, 0.05) is 6.04 Å². The standard InChI is InChI=1S/C17H26N2/c1-19-10-7-15(8-11-19)16-5-2-4-14(12-16)13-17-6-3-9-18-17/h2,4-5,12,15,17-18H,3,6-11,13H2,1H3. The molecule has 0 amide bonds. The highest BCUT2D eigenvalue weighted by atomic mass is 15.1. The van der Waals surface area contributed by atoms with Gasteiger partial charge < -0.3 is 10.2 Å².